The second-order valence-electron chi connectivity index (χ2n) is 7.25. The van der Waals surface area contributed by atoms with Crippen LogP contribution >= 0.6 is 0 Å². The number of ether oxygens (including phenoxy) is 1. The van der Waals surface area contributed by atoms with Crippen molar-refractivity contribution >= 4 is 17.8 Å². The van der Waals surface area contributed by atoms with Crippen LogP contribution in [0.15, 0.2) is 24.3 Å². The first-order valence-corrected chi connectivity index (χ1v) is 9.42. The lowest BCUT2D eigenvalue weighted by atomic mass is 9.76. The summed E-state index contributed by atoms with van der Waals surface area (Å²) < 4.78 is 5.33. The highest BCUT2D eigenvalue weighted by molar-refractivity contribution is 6.09. The first-order chi connectivity index (χ1) is 12.9. The van der Waals surface area contributed by atoms with E-state index in [0.29, 0.717) is 6.42 Å². The van der Waals surface area contributed by atoms with Gasteiger partial charge in [-0.3, -0.25) is 24.6 Å². The summed E-state index contributed by atoms with van der Waals surface area (Å²) in [5, 5.41) is 12.9. The highest BCUT2D eigenvalue weighted by atomic mass is 16.5. The molecule has 0 radical (unpaired) electrons. The van der Waals surface area contributed by atoms with Crippen LogP contribution in [-0.2, 0) is 19.1 Å². The highest BCUT2D eigenvalue weighted by Gasteiger charge is 2.67. The average molecular weight is 374 g/mol. The highest BCUT2D eigenvalue weighted by Crippen LogP contribution is 2.50. The van der Waals surface area contributed by atoms with Gasteiger partial charge in [-0.15, -0.1) is 0 Å². The van der Waals surface area contributed by atoms with Crippen LogP contribution in [0.3, 0.4) is 0 Å². The minimum absolute atomic E-state index is 0.113. The Hall–Kier alpha value is -2.41. The van der Waals surface area contributed by atoms with Gasteiger partial charge in [-0.05, 0) is 31.0 Å². The molecule has 0 bridgehead atoms. The number of amides is 2. The Morgan fingerprint density at radius 1 is 1.22 bits per heavy atom. The fourth-order valence-electron chi connectivity index (χ4n) is 4.35. The van der Waals surface area contributed by atoms with Crippen LogP contribution in [0.5, 0.6) is 5.75 Å². The standard InChI is InChI=1S/C20H26N2O5/c1-4-6-11-20(19(26)27-5-2)15-14(17(24)22(3)18(15)25)16(21-20)12-7-9-13(23)10-8-12/h7-10,14-16,21,23H,4-6,11H2,1-3H3/t14-,15-,16-,20+/m1/s1. The van der Waals surface area contributed by atoms with Crippen molar-refractivity contribution in [3.8, 4) is 5.75 Å². The molecule has 2 heterocycles. The number of carbonyl (C=O) groups is 3. The predicted molar refractivity (Wildman–Crippen MR) is 97.6 cm³/mol. The van der Waals surface area contributed by atoms with E-state index in [1.54, 1.807) is 19.1 Å². The van der Waals surface area contributed by atoms with Gasteiger partial charge in [0.05, 0.1) is 18.4 Å². The molecule has 0 unspecified atom stereocenters. The van der Waals surface area contributed by atoms with Crippen molar-refractivity contribution in [2.24, 2.45) is 11.8 Å². The molecule has 4 atom stereocenters. The van der Waals surface area contributed by atoms with Gasteiger partial charge in [0.15, 0.2) is 0 Å². The zero-order chi connectivity index (χ0) is 19.8. The number of fused-ring (bicyclic) bond motifs is 1. The Bertz CT molecular complexity index is 747. The number of aromatic hydroxyl groups is 1. The molecular formula is C20H26N2O5. The number of nitrogens with zero attached hydrogens (tertiary/aromatic N) is 1. The van der Waals surface area contributed by atoms with Gasteiger partial charge in [0.2, 0.25) is 11.8 Å². The van der Waals surface area contributed by atoms with E-state index in [4.69, 9.17) is 4.74 Å². The van der Waals surface area contributed by atoms with Gasteiger partial charge in [0, 0.05) is 13.1 Å². The molecule has 7 heteroatoms. The molecular weight excluding hydrogens is 348 g/mol. The number of rotatable bonds is 6. The molecule has 27 heavy (non-hydrogen) atoms. The van der Waals surface area contributed by atoms with E-state index < -0.39 is 29.4 Å². The van der Waals surface area contributed by atoms with E-state index >= 15 is 0 Å². The summed E-state index contributed by atoms with van der Waals surface area (Å²) in [5.41, 5.74) is -0.474. The third-order valence-corrected chi connectivity index (χ3v) is 5.69. The zero-order valence-corrected chi connectivity index (χ0v) is 15.9. The summed E-state index contributed by atoms with van der Waals surface area (Å²) in [6.07, 6.45) is 2.00. The predicted octanol–water partition coefficient (Wildman–Crippen LogP) is 1.76. The van der Waals surface area contributed by atoms with Crippen LogP contribution in [-0.4, -0.2) is 47.0 Å². The van der Waals surface area contributed by atoms with Gasteiger partial charge in [-0.1, -0.05) is 31.9 Å². The Morgan fingerprint density at radius 3 is 2.48 bits per heavy atom. The number of hydrogen-bond acceptors (Lipinski definition) is 6. The molecule has 0 saturated carbocycles. The van der Waals surface area contributed by atoms with Gasteiger partial charge in [-0.2, -0.15) is 0 Å². The number of unbranched alkanes of at least 4 members (excludes halogenated alkanes) is 1. The minimum Gasteiger partial charge on any atom is -0.508 e. The molecule has 2 fully saturated rings. The third kappa shape index (κ3) is 3.00. The number of carbonyl (C=O) groups excluding carboxylic acids is 3. The largest absolute Gasteiger partial charge is 0.508 e. The fourth-order valence-corrected chi connectivity index (χ4v) is 4.35. The number of benzene rings is 1. The van der Waals surface area contributed by atoms with E-state index in [-0.39, 0.29) is 24.2 Å². The molecule has 2 aliphatic rings. The Kier molecular flexibility index (Phi) is 5.24. The van der Waals surface area contributed by atoms with Gasteiger partial charge < -0.3 is 9.84 Å². The number of phenolic OH excluding ortho intramolecular Hbond substituents is 1. The molecule has 2 amide bonds. The van der Waals surface area contributed by atoms with E-state index in [2.05, 4.69) is 5.32 Å². The number of phenols is 1. The zero-order valence-electron chi connectivity index (χ0n) is 15.9. The first-order valence-electron chi connectivity index (χ1n) is 9.42. The third-order valence-electron chi connectivity index (χ3n) is 5.69. The monoisotopic (exact) mass is 374 g/mol. The molecule has 2 N–H and O–H groups in total. The number of imide groups is 1. The number of nitrogens with one attached hydrogen (secondary N) is 1. The Balaban J connectivity index is 2.10. The van der Waals surface area contributed by atoms with Gasteiger partial charge in [-0.25, -0.2) is 0 Å². The lowest BCUT2D eigenvalue weighted by Crippen LogP contribution is -2.56. The van der Waals surface area contributed by atoms with E-state index in [1.165, 1.54) is 19.2 Å². The van der Waals surface area contributed by atoms with E-state index in [0.717, 1.165) is 23.3 Å². The summed E-state index contributed by atoms with van der Waals surface area (Å²) in [4.78, 5) is 39.9. The van der Waals surface area contributed by atoms with Crippen LogP contribution in [0.4, 0.5) is 0 Å². The lowest BCUT2D eigenvalue weighted by molar-refractivity contribution is -0.156. The fraction of sp³-hybridized carbons (Fsp3) is 0.550. The van der Waals surface area contributed by atoms with Crippen LogP contribution < -0.4 is 5.32 Å². The smallest absolute Gasteiger partial charge is 0.327 e. The topological polar surface area (TPSA) is 95.9 Å². The molecule has 146 valence electrons. The number of hydrogen-bond donors (Lipinski definition) is 2. The average Bonchev–Trinajstić information content (AvgIpc) is 3.11. The molecule has 3 rings (SSSR count). The maximum absolute atomic E-state index is 13.0. The summed E-state index contributed by atoms with van der Waals surface area (Å²) in [6, 6.07) is 5.99. The van der Waals surface area contributed by atoms with E-state index in [9.17, 15) is 19.5 Å². The molecule has 0 aromatic heterocycles. The van der Waals surface area contributed by atoms with Crippen LogP contribution in [0.2, 0.25) is 0 Å². The summed E-state index contributed by atoms with van der Waals surface area (Å²) >= 11 is 0. The quantitative estimate of drug-likeness (QED) is 0.582. The molecule has 0 spiro atoms. The van der Waals surface area contributed by atoms with Crippen molar-refractivity contribution in [2.45, 2.75) is 44.7 Å². The van der Waals surface area contributed by atoms with Crippen molar-refractivity contribution in [3.05, 3.63) is 29.8 Å². The van der Waals surface area contributed by atoms with Crippen molar-refractivity contribution in [1.82, 2.24) is 10.2 Å². The SMILES string of the molecule is CCCC[C@]1(C(=O)OCC)N[C@H](c2ccc(O)cc2)[C@@H]2C(=O)N(C)C(=O)[C@@H]21. The van der Waals surface area contributed by atoms with Gasteiger partial charge >= 0.3 is 5.97 Å². The summed E-state index contributed by atoms with van der Waals surface area (Å²) in [6.45, 7) is 3.94. The van der Waals surface area contributed by atoms with Crippen molar-refractivity contribution in [1.29, 1.82) is 0 Å². The summed E-state index contributed by atoms with van der Waals surface area (Å²) in [5.74, 6) is -2.47. The normalized spacial score (nSPS) is 29.9. The van der Waals surface area contributed by atoms with Crippen LogP contribution in [0, 0.1) is 11.8 Å². The maximum atomic E-state index is 13.0. The number of esters is 1. The van der Waals surface area contributed by atoms with Crippen LogP contribution in [0.1, 0.15) is 44.7 Å². The van der Waals surface area contributed by atoms with Crippen molar-refractivity contribution < 1.29 is 24.2 Å². The maximum Gasteiger partial charge on any atom is 0.327 e. The second kappa shape index (κ2) is 7.31. The molecule has 2 aliphatic heterocycles. The van der Waals surface area contributed by atoms with Gasteiger partial charge in [0.25, 0.3) is 0 Å². The van der Waals surface area contributed by atoms with Crippen molar-refractivity contribution in [3.63, 3.8) is 0 Å². The van der Waals surface area contributed by atoms with Crippen molar-refractivity contribution in [2.75, 3.05) is 13.7 Å². The molecule has 2 saturated heterocycles. The molecule has 7 nitrogen and oxygen atoms in total. The Morgan fingerprint density at radius 2 is 1.89 bits per heavy atom. The van der Waals surface area contributed by atoms with Crippen LogP contribution in [0.25, 0.3) is 0 Å². The first kappa shape index (κ1) is 19.4. The molecule has 1 aromatic rings. The lowest BCUT2D eigenvalue weighted by Gasteiger charge is -2.32. The summed E-state index contributed by atoms with van der Waals surface area (Å²) in [7, 11) is 1.46. The molecule has 0 aliphatic carbocycles. The Labute approximate surface area is 158 Å². The molecule has 1 aromatic carbocycles. The van der Waals surface area contributed by atoms with E-state index in [1.807, 2.05) is 6.92 Å². The number of likely N-dealkylation sites (tertiary alicyclic amines) is 1. The van der Waals surface area contributed by atoms with Gasteiger partial charge in [0.1, 0.15) is 11.3 Å². The minimum atomic E-state index is -1.23. The second-order valence-corrected chi connectivity index (χ2v) is 7.25.